The number of nitrogens with zero attached hydrogens (tertiary/aromatic N) is 4. The zero-order chi connectivity index (χ0) is 13.0. The lowest BCUT2D eigenvalue weighted by Gasteiger charge is -2.35. The number of halogens is 2. The molecule has 0 bridgehead atoms. The SMILES string of the molecule is CCc1ncnc(N2CCN(CCCl)CC2)c1F. The van der Waals surface area contributed by atoms with Gasteiger partial charge in [-0.2, -0.15) is 0 Å². The first-order valence-electron chi connectivity index (χ1n) is 6.29. The molecule has 0 radical (unpaired) electrons. The Labute approximate surface area is 112 Å². The molecule has 0 spiro atoms. The van der Waals surface area contributed by atoms with E-state index in [-0.39, 0.29) is 5.82 Å². The predicted molar refractivity (Wildman–Crippen MR) is 70.7 cm³/mol. The summed E-state index contributed by atoms with van der Waals surface area (Å²) in [6.07, 6.45) is 2.04. The Morgan fingerprint density at radius 2 is 2.00 bits per heavy atom. The van der Waals surface area contributed by atoms with E-state index in [0.717, 1.165) is 32.7 Å². The Balaban J connectivity index is 2.05. The molecule has 1 aromatic heterocycles. The fourth-order valence-corrected chi connectivity index (χ4v) is 2.40. The zero-order valence-corrected chi connectivity index (χ0v) is 11.3. The van der Waals surface area contributed by atoms with E-state index in [1.165, 1.54) is 6.33 Å². The predicted octanol–water partition coefficient (Wildman–Crippen LogP) is 1.54. The van der Waals surface area contributed by atoms with Gasteiger partial charge in [0.15, 0.2) is 11.6 Å². The molecule has 18 heavy (non-hydrogen) atoms. The second-order valence-electron chi connectivity index (χ2n) is 4.33. The molecule has 2 rings (SSSR count). The Morgan fingerprint density at radius 1 is 1.28 bits per heavy atom. The lowest BCUT2D eigenvalue weighted by molar-refractivity contribution is 0.271. The van der Waals surface area contributed by atoms with E-state index >= 15 is 0 Å². The number of rotatable bonds is 4. The average Bonchev–Trinajstić information content (AvgIpc) is 2.41. The summed E-state index contributed by atoms with van der Waals surface area (Å²) in [5, 5.41) is 0. The number of hydrogen-bond acceptors (Lipinski definition) is 4. The molecule has 6 heteroatoms. The van der Waals surface area contributed by atoms with E-state index in [9.17, 15) is 4.39 Å². The van der Waals surface area contributed by atoms with Gasteiger partial charge in [-0.15, -0.1) is 11.6 Å². The maximum Gasteiger partial charge on any atom is 0.187 e. The van der Waals surface area contributed by atoms with Gasteiger partial charge >= 0.3 is 0 Å². The molecule has 2 heterocycles. The van der Waals surface area contributed by atoms with Crippen LogP contribution >= 0.6 is 11.6 Å². The van der Waals surface area contributed by atoms with Gasteiger partial charge in [0.1, 0.15) is 6.33 Å². The van der Waals surface area contributed by atoms with Crippen LogP contribution in [0, 0.1) is 5.82 Å². The summed E-state index contributed by atoms with van der Waals surface area (Å²) >= 11 is 5.72. The average molecular weight is 273 g/mol. The lowest BCUT2D eigenvalue weighted by atomic mass is 10.2. The molecule has 1 aliphatic rings. The van der Waals surface area contributed by atoms with Gasteiger partial charge in [-0.25, -0.2) is 14.4 Å². The zero-order valence-electron chi connectivity index (χ0n) is 10.6. The normalized spacial score (nSPS) is 17.2. The fourth-order valence-electron chi connectivity index (χ4n) is 2.17. The maximum atomic E-state index is 14.1. The molecule has 1 fully saturated rings. The molecule has 4 nitrogen and oxygen atoms in total. The Morgan fingerprint density at radius 3 is 2.61 bits per heavy atom. The van der Waals surface area contributed by atoms with E-state index in [4.69, 9.17) is 11.6 Å². The summed E-state index contributed by atoms with van der Waals surface area (Å²) in [6, 6.07) is 0. The molecule has 0 N–H and O–H groups in total. The minimum Gasteiger partial charge on any atom is -0.352 e. The molecule has 100 valence electrons. The van der Waals surface area contributed by atoms with Crippen molar-refractivity contribution >= 4 is 17.4 Å². The molecule has 1 aliphatic heterocycles. The van der Waals surface area contributed by atoms with Crippen molar-refractivity contribution in [2.45, 2.75) is 13.3 Å². The van der Waals surface area contributed by atoms with E-state index in [0.29, 0.717) is 23.8 Å². The van der Waals surface area contributed by atoms with Crippen LogP contribution in [-0.4, -0.2) is 53.5 Å². The van der Waals surface area contributed by atoms with Crippen LogP contribution in [0.5, 0.6) is 0 Å². The van der Waals surface area contributed by atoms with Crippen molar-refractivity contribution in [3.63, 3.8) is 0 Å². The van der Waals surface area contributed by atoms with Gasteiger partial charge in [0.2, 0.25) is 0 Å². The Kier molecular flexibility index (Phi) is 4.72. The number of piperazine rings is 1. The third-order valence-electron chi connectivity index (χ3n) is 3.25. The first kappa shape index (κ1) is 13.5. The standard InChI is InChI=1S/C12H18ClFN4/c1-2-10-11(14)12(16-9-15-10)18-7-5-17(4-3-13)6-8-18/h9H,2-8H2,1H3. The minimum atomic E-state index is -0.272. The monoisotopic (exact) mass is 272 g/mol. The highest BCUT2D eigenvalue weighted by molar-refractivity contribution is 6.18. The highest BCUT2D eigenvalue weighted by Gasteiger charge is 2.21. The number of anilines is 1. The van der Waals surface area contributed by atoms with Gasteiger partial charge in [0.25, 0.3) is 0 Å². The molecule has 0 amide bonds. The van der Waals surface area contributed by atoms with Crippen molar-refractivity contribution in [2.75, 3.05) is 43.5 Å². The highest BCUT2D eigenvalue weighted by Crippen LogP contribution is 2.19. The summed E-state index contributed by atoms with van der Waals surface area (Å²) in [6.45, 7) is 6.16. The highest BCUT2D eigenvalue weighted by atomic mass is 35.5. The molecule has 0 aromatic carbocycles. The minimum absolute atomic E-state index is 0.272. The van der Waals surface area contributed by atoms with Gasteiger partial charge in [-0.1, -0.05) is 6.92 Å². The van der Waals surface area contributed by atoms with Crippen molar-refractivity contribution in [2.24, 2.45) is 0 Å². The summed E-state index contributed by atoms with van der Waals surface area (Å²) in [4.78, 5) is 12.3. The molecule has 0 aliphatic carbocycles. The number of aryl methyl sites for hydroxylation is 1. The lowest BCUT2D eigenvalue weighted by Crippen LogP contribution is -2.47. The molecule has 0 atom stereocenters. The molecular formula is C12H18ClFN4. The van der Waals surface area contributed by atoms with Crippen molar-refractivity contribution in [1.29, 1.82) is 0 Å². The van der Waals surface area contributed by atoms with Crippen LogP contribution in [-0.2, 0) is 6.42 Å². The summed E-state index contributed by atoms with van der Waals surface area (Å²) < 4.78 is 14.1. The second-order valence-corrected chi connectivity index (χ2v) is 4.71. The third-order valence-corrected chi connectivity index (χ3v) is 3.42. The van der Waals surface area contributed by atoms with Gasteiger partial charge in [0.05, 0.1) is 5.69 Å². The van der Waals surface area contributed by atoms with Crippen molar-refractivity contribution < 1.29 is 4.39 Å². The van der Waals surface area contributed by atoms with Gasteiger partial charge in [-0.3, -0.25) is 4.90 Å². The summed E-state index contributed by atoms with van der Waals surface area (Å²) in [5.41, 5.74) is 0.489. The van der Waals surface area contributed by atoms with E-state index in [1.807, 2.05) is 11.8 Å². The van der Waals surface area contributed by atoms with E-state index in [1.54, 1.807) is 0 Å². The Bertz CT molecular complexity index is 394. The van der Waals surface area contributed by atoms with Crippen molar-refractivity contribution in [1.82, 2.24) is 14.9 Å². The van der Waals surface area contributed by atoms with E-state index < -0.39 is 0 Å². The van der Waals surface area contributed by atoms with Gasteiger partial charge in [0, 0.05) is 38.6 Å². The molecule has 1 aromatic rings. The first-order valence-corrected chi connectivity index (χ1v) is 6.82. The summed E-state index contributed by atoms with van der Waals surface area (Å²) in [5.74, 6) is 0.806. The molecule has 0 saturated carbocycles. The maximum absolute atomic E-state index is 14.1. The van der Waals surface area contributed by atoms with Crippen LogP contribution in [0.15, 0.2) is 6.33 Å². The fraction of sp³-hybridized carbons (Fsp3) is 0.667. The van der Waals surface area contributed by atoms with Crippen LogP contribution in [0.25, 0.3) is 0 Å². The third kappa shape index (κ3) is 2.90. The molecular weight excluding hydrogens is 255 g/mol. The molecule has 1 saturated heterocycles. The van der Waals surface area contributed by atoms with Crippen LogP contribution in [0.2, 0.25) is 0 Å². The smallest absolute Gasteiger partial charge is 0.187 e. The molecule has 0 unspecified atom stereocenters. The van der Waals surface area contributed by atoms with Gasteiger partial charge in [-0.05, 0) is 6.42 Å². The second kappa shape index (κ2) is 6.29. The van der Waals surface area contributed by atoms with Crippen LogP contribution in [0.1, 0.15) is 12.6 Å². The van der Waals surface area contributed by atoms with E-state index in [2.05, 4.69) is 14.9 Å². The largest absolute Gasteiger partial charge is 0.352 e. The topological polar surface area (TPSA) is 32.3 Å². The van der Waals surface area contributed by atoms with Crippen molar-refractivity contribution in [3.05, 3.63) is 17.8 Å². The van der Waals surface area contributed by atoms with Crippen LogP contribution in [0.4, 0.5) is 10.2 Å². The quantitative estimate of drug-likeness (QED) is 0.779. The summed E-state index contributed by atoms with van der Waals surface area (Å²) in [7, 11) is 0. The van der Waals surface area contributed by atoms with Crippen molar-refractivity contribution in [3.8, 4) is 0 Å². The number of hydrogen-bond donors (Lipinski definition) is 0. The number of alkyl halides is 1. The van der Waals surface area contributed by atoms with Gasteiger partial charge < -0.3 is 4.90 Å². The Hall–Kier alpha value is -0.940. The number of aromatic nitrogens is 2. The van der Waals surface area contributed by atoms with Crippen LogP contribution in [0.3, 0.4) is 0 Å². The van der Waals surface area contributed by atoms with Crippen LogP contribution < -0.4 is 4.90 Å². The first-order chi connectivity index (χ1) is 8.76.